The van der Waals surface area contributed by atoms with E-state index in [-0.39, 0.29) is 24.2 Å². The van der Waals surface area contributed by atoms with E-state index < -0.39 is 10.0 Å². The highest BCUT2D eigenvalue weighted by Crippen LogP contribution is 2.21. The lowest BCUT2D eigenvalue weighted by Gasteiger charge is -2.26. The van der Waals surface area contributed by atoms with E-state index in [0.717, 1.165) is 45.2 Å². The molecule has 27 heavy (non-hydrogen) atoms. The lowest BCUT2D eigenvalue weighted by Crippen LogP contribution is -2.45. The van der Waals surface area contributed by atoms with Crippen LogP contribution in [0.4, 0.5) is 0 Å². The summed E-state index contributed by atoms with van der Waals surface area (Å²) in [4.78, 5) is 14.8. The number of rotatable bonds is 7. The molecule has 2 aliphatic heterocycles. The third kappa shape index (κ3) is 5.53. The standard InChI is InChI=1S/C20H31N3O3S/c1-17-7-5-8-18(15-17)16-22-11-6-9-19(22)20(24)21-10-14-27(25,26)23-12-3-2-4-13-23/h5,7-8,15,19H,2-4,6,9-14,16H2,1H3,(H,21,24). The third-order valence-corrected chi connectivity index (χ3v) is 7.37. The van der Waals surface area contributed by atoms with Crippen molar-refractivity contribution in [1.82, 2.24) is 14.5 Å². The van der Waals surface area contributed by atoms with Crippen LogP contribution in [0, 0.1) is 6.92 Å². The van der Waals surface area contributed by atoms with Gasteiger partial charge in [0.2, 0.25) is 15.9 Å². The normalized spacial score (nSPS) is 22.0. The first-order chi connectivity index (χ1) is 13.0. The summed E-state index contributed by atoms with van der Waals surface area (Å²) in [5, 5.41) is 2.86. The molecule has 0 aromatic heterocycles. The predicted octanol–water partition coefficient (Wildman–Crippen LogP) is 1.89. The molecule has 2 saturated heterocycles. The second-order valence-electron chi connectivity index (χ2n) is 7.68. The number of amides is 1. The van der Waals surface area contributed by atoms with E-state index in [2.05, 4.69) is 35.3 Å². The molecule has 1 aromatic carbocycles. The molecule has 6 nitrogen and oxygen atoms in total. The van der Waals surface area contributed by atoms with Crippen LogP contribution in [0.3, 0.4) is 0 Å². The van der Waals surface area contributed by atoms with E-state index in [0.29, 0.717) is 13.1 Å². The molecule has 0 aliphatic carbocycles. The molecule has 150 valence electrons. The first kappa shape index (κ1) is 20.3. The Morgan fingerprint density at radius 3 is 2.67 bits per heavy atom. The molecule has 1 unspecified atom stereocenters. The lowest BCUT2D eigenvalue weighted by atomic mass is 10.1. The summed E-state index contributed by atoms with van der Waals surface area (Å²) in [7, 11) is -3.26. The maximum atomic E-state index is 12.6. The van der Waals surface area contributed by atoms with Gasteiger partial charge in [-0.2, -0.15) is 0 Å². The quantitative estimate of drug-likeness (QED) is 0.768. The highest BCUT2D eigenvalue weighted by molar-refractivity contribution is 7.89. The van der Waals surface area contributed by atoms with Crippen LogP contribution < -0.4 is 5.32 Å². The summed E-state index contributed by atoms with van der Waals surface area (Å²) in [6, 6.07) is 8.19. The minimum absolute atomic E-state index is 0.0106. The average Bonchev–Trinajstić information content (AvgIpc) is 3.10. The lowest BCUT2D eigenvalue weighted by molar-refractivity contribution is -0.125. The van der Waals surface area contributed by atoms with Crippen LogP contribution in [-0.4, -0.2) is 61.5 Å². The van der Waals surface area contributed by atoms with Crippen molar-refractivity contribution in [2.45, 2.75) is 51.6 Å². The minimum atomic E-state index is -3.26. The first-order valence-corrected chi connectivity index (χ1v) is 11.6. The molecular weight excluding hydrogens is 362 g/mol. The Morgan fingerprint density at radius 1 is 1.15 bits per heavy atom. The van der Waals surface area contributed by atoms with Crippen molar-refractivity contribution in [1.29, 1.82) is 0 Å². The van der Waals surface area contributed by atoms with Gasteiger partial charge < -0.3 is 5.32 Å². The Labute approximate surface area is 163 Å². The Balaban J connectivity index is 1.49. The molecule has 2 heterocycles. The zero-order valence-electron chi connectivity index (χ0n) is 16.2. The fourth-order valence-electron chi connectivity index (χ4n) is 4.05. The van der Waals surface area contributed by atoms with Gasteiger partial charge >= 0.3 is 0 Å². The molecule has 0 saturated carbocycles. The number of carbonyl (C=O) groups excluding carboxylic acids is 1. The molecule has 0 spiro atoms. The van der Waals surface area contributed by atoms with Crippen LogP contribution in [0.2, 0.25) is 0 Å². The molecule has 0 radical (unpaired) electrons. The number of nitrogens with zero attached hydrogens (tertiary/aromatic N) is 2. The maximum absolute atomic E-state index is 12.6. The molecule has 7 heteroatoms. The van der Waals surface area contributed by atoms with Crippen molar-refractivity contribution in [2.75, 3.05) is 31.9 Å². The second-order valence-corrected chi connectivity index (χ2v) is 9.77. The van der Waals surface area contributed by atoms with Gasteiger partial charge in [-0.15, -0.1) is 0 Å². The summed E-state index contributed by atoms with van der Waals surface area (Å²) in [6.45, 7) is 5.14. The van der Waals surface area contributed by atoms with Gasteiger partial charge in [0.15, 0.2) is 0 Å². The Morgan fingerprint density at radius 2 is 1.93 bits per heavy atom. The number of nitrogens with one attached hydrogen (secondary N) is 1. The maximum Gasteiger partial charge on any atom is 0.237 e. The molecule has 2 fully saturated rings. The zero-order valence-corrected chi connectivity index (χ0v) is 17.0. The van der Waals surface area contributed by atoms with E-state index in [4.69, 9.17) is 0 Å². The van der Waals surface area contributed by atoms with E-state index in [1.54, 1.807) is 4.31 Å². The van der Waals surface area contributed by atoms with Crippen LogP contribution >= 0.6 is 0 Å². The number of benzene rings is 1. The largest absolute Gasteiger partial charge is 0.354 e. The topological polar surface area (TPSA) is 69.7 Å². The highest BCUT2D eigenvalue weighted by Gasteiger charge is 2.31. The van der Waals surface area contributed by atoms with E-state index in [1.807, 2.05) is 6.07 Å². The first-order valence-electron chi connectivity index (χ1n) is 10.0. The monoisotopic (exact) mass is 393 g/mol. The van der Waals surface area contributed by atoms with E-state index in [1.165, 1.54) is 11.1 Å². The summed E-state index contributed by atoms with van der Waals surface area (Å²) in [5.74, 6) is -0.0578. The molecule has 2 aliphatic rings. The number of piperidine rings is 1. The predicted molar refractivity (Wildman–Crippen MR) is 107 cm³/mol. The molecule has 1 aromatic rings. The molecule has 1 amide bonds. The Kier molecular flexibility index (Phi) is 6.89. The molecule has 3 rings (SSSR count). The van der Waals surface area contributed by atoms with Crippen molar-refractivity contribution in [2.24, 2.45) is 0 Å². The summed E-state index contributed by atoms with van der Waals surface area (Å²) < 4.78 is 26.4. The number of hydrogen-bond acceptors (Lipinski definition) is 4. The van der Waals surface area contributed by atoms with Gasteiger partial charge in [-0.05, 0) is 44.7 Å². The van der Waals surface area contributed by atoms with E-state index >= 15 is 0 Å². The number of aryl methyl sites for hydroxylation is 1. The zero-order chi connectivity index (χ0) is 19.3. The van der Waals surface area contributed by atoms with Crippen molar-refractivity contribution in [3.8, 4) is 0 Å². The fraction of sp³-hybridized carbons (Fsp3) is 0.650. The number of sulfonamides is 1. The molecular formula is C20H31N3O3S. The summed E-state index contributed by atoms with van der Waals surface area (Å²) in [6.07, 6.45) is 4.79. The van der Waals surface area contributed by atoms with Crippen LogP contribution in [0.5, 0.6) is 0 Å². The van der Waals surface area contributed by atoms with Crippen LogP contribution in [-0.2, 0) is 21.4 Å². The van der Waals surface area contributed by atoms with Gasteiger partial charge in [-0.25, -0.2) is 12.7 Å². The van der Waals surface area contributed by atoms with Crippen molar-refractivity contribution < 1.29 is 13.2 Å². The van der Waals surface area contributed by atoms with Gasteiger partial charge in [-0.3, -0.25) is 9.69 Å². The van der Waals surface area contributed by atoms with Crippen molar-refractivity contribution in [3.63, 3.8) is 0 Å². The van der Waals surface area contributed by atoms with Crippen molar-refractivity contribution in [3.05, 3.63) is 35.4 Å². The van der Waals surface area contributed by atoms with Gasteiger partial charge in [0.05, 0.1) is 11.8 Å². The van der Waals surface area contributed by atoms with Gasteiger partial charge in [0.25, 0.3) is 0 Å². The van der Waals surface area contributed by atoms with E-state index in [9.17, 15) is 13.2 Å². The average molecular weight is 394 g/mol. The van der Waals surface area contributed by atoms with Crippen LogP contribution in [0.1, 0.15) is 43.2 Å². The van der Waals surface area contributed by atoms with Crippen LogP contribution in [0.25, 0.3) is 0 Å². The van der Waals surface area contributed by atoms with Gasteiger partial charge in [0, 0.05) is 26.2 Å². The highest BCUT2D eigenvalue weighted by atomic mass is 32.2. The third-order valence-electron chi connectivity index (χ3n) is 5.50. The Bertz CT molecular complexity index is 745. The number of hydrogen-bond donors (Lipinski definition) is 1. The van der Waals surface area contributed by atoms with Crippen molar-refractivity contribution >= 4 is 15.9 Å². The molecule has 0 bridgehead atoms. The van der Waals surface area contributed by atoms with Gasteiger partial charge in [0.1, 0.15) is 0 Å². The second kappa shape index (κ2) is 9.17. The van der Waals surface area contributed by atoms with Gasteiger partial charge in [-0.1, -0.05) is 36.2 Å². The fourth-order valence-corrected chi connectivity index (χ4v) is 5.48. The smallest absolute Gasteiger partial charge is 0.237 e. The summed E-state index contributed by atoms with van der Waals surface area (Å²) >= 11 is 0. The Hall–Kier alpha value is -1.44. The SMILES string of the molecule is Cc1cccc(CN2CCCC2C(=O)NCCS(=O)(=O)N2CCCCC2)c1. The number of likely N-dealkylation sites (tertiary alicyclic amines) is 1. The molecule has 1 N–H and O–H groups in total. The van der Waals surface area contributed by atoms with Crippen LogP contribution in [0.15, 0.2) is 24.3 Å². The number of carbonyl (C=O) groups is 1. The summed E-state index contributed by atoms with van der Waals surface area (Å²) in [5.41, 5.74) is 2.43. The minimum Gasteiger partial charge on any atom is -0.354 e. The molecule has 1 atom stereocenters.